The summed E-state index contributed by atoms with van der Waals surface area (Å²) in [6.07, 6.45) is 8.01. The van der Waals surface area contributed by atoms with E-state index in [9.17, 15) is 4.79 Å². The second-order valence-corrected chi connectivity index (χ2v) is 5.62. The number of carbonyl (C=O) groups is 1. The minimum atomic E-state index is -0.425. The summed E-state index contributed by atoms with van der Waals surface area (Å²) >= 11 is 0. The summed E-state index contributed by atoms with van der Waals surface area (Å²) < 4.78 is 6.68. The van der Waals surface area contributed by atoms with Crippen molar-refractivity contribution in [1.29, 1.82) is 0 Å². The number of nitrogen functional groups attached to an aromatic ring is 1. The van der Waals surface area contributed by atoms with Gasteiger partial charge in [-0.1, -0.05) is 32.6 Å². The van der Waals surface area contributed by atoms with E-state index in [-0.39, 0.29) is 6.04 Å². The Bertz CT molecular complexity index is 476. The molecule has 6 nitrogen and oxygen atoms in total. The van der Waals surface area contributed by atoms with Gasteiger partial charge in [0, 0.05) is 6.54 Å². The normalized spacial score (nSPS) is 16.5. The maximum Gasteiger partial charge on any atom is 0.345 e. The Labute approximate surface area is 126 Å². The van der Waals surface area contributed by atoms with Crippen LogP contribution in [0.3, 0.4) is 0 Å². The summed E-state index contributed by atoms with van der Waals surface area (Å²) in [5.41, 5.74) is 6.56. The Kier molecular flexibility index (Phi) is 5.47. The first-order chi connectivity index (χ1) is 10.2. The number of aromatic nitrogens is 2. The lowest BCUT2D eigenvalue weighted by atomic mass is 10.1. The summed E-state index contributed by atoms with van der Waals surface area (Å²) in [5, 5.41) is 7.74. The van der Waals surface area contributed by atoms with Gasteiger partial charge in [-0.25, -0.2) is 9.48 Å². The fraction of sp³-hybridized carbons (Fsp3) is 0.733. The number of hydrogen-bond acceptors (Lipinski definition) is 5. The van der Waals surface area contributed by atoms with Crippen molar-refractivity contribution in [3.8, 4) is 0 Å². The van der Waals surface area contributed by atoms with Crippen LogP contribution in [-0.4, -0.2) is 29.4 Å². The summed E-state index contributed by atoms with van der Waals surface area (Å²) in [4.78, 5) is 12.0. The highest BCUT2D eigenvalue weighted by Crippen LogP contribution is 2.32. The molecule has 0 atom stereocenters. The highest BCUT2D eigenvalue weighted by molar-refractivity contribution is 5.99. The molecule has 0 bridgehead atoms. The first-order valence-corrected chi connectivity index (χ1v) is 7.89. The van der Waals surface area contributed by atoms with Gasteiger partial charge in [0.15, 0.2) is 5.82 Å². The maximum atomic E-state index is 12.0. The third-order valence-corrected chi connectivity index (χ3v) is 4.05. The van der Waals surface area contributed by atoms with Crippen molar-refractivity contribution in [2.45, 2.75) is 57.9 Å². The van der Waals surface area contributed by atoms with Gasteiger partial charge >= 0.3 is 5.97 Å². The predicted molar refractivity (Wildman–Crippen MR) is 83.5 cm³/mol. The Morgan fingerprint density at radius 2 is 2.05 bits per heavy atom. The molecule has 0 aliphatic heterocycles. The van der Waals surface area contributed by atoms with E-state index in [1.807, 2.05) is 4.68 Å². The second kappa shape index (κ2) is 7.33. The number of ether oxygens (including phenoxy) is 1. The number of nitrogens with zero attached hydrogens (tertiary/aromatic N) is 2. The van der Waals surface area contributed by atoms with Crippen LogP contribution in [0.4, 0.5) is 11.6 Å². The summed E-state index contributed by atoms with van der Waals surface area (Å²) in [7, 11) is 1.37. The third kappa shape index (κ3) is 3.49. The monoisotopic (exact) mass is 294 g/mol. The lowest BCUT2D eigenvalue weighted by molar-refractivity contribution is 0.0603. The first-order valence-electron chi connectivity index (χ1n) is 7.89. The molecule has 21 heavy (non-hydrogen) atoms. The molecule has 1 aromatic rings. The van der Waals surface area contributed by atoms with Gasteiger partial charge in [-0.05, 0) is 19.3 Å². The molecular formula is C15H26N4O2. The molecule has 0 saturated heterocycles. The molecule has 3 N–H and O–H groups in total. The van der Waals surface area contributed by atoms with Crippen LogP contribution in [-0.2, 0) is 4.74 Å². The molecule has 1 aliphatic rings. The average Bonchev–Trinajstić information content (AvgIpc) is 2.69. The summed E-state index contributed by atoms with van der Waals surface area (Å²) in [6.45, 7) is 2.82. The number of hydrogen-bond donors (Lipinski definition) is 2. The molecule has 6 heteroatoms. The fourth-order valence-electron chi connectivity index (χ4n) is 2.90. The van der Waals surface area contributed by atoms with E-state index in [1.54, 1.807) is 0 Å². The van der Waals surface area contributed by atoms with Crippen LogP contribution in [0.15, 0.2) is 0 Å². The van der Waals surface area contributed by atoms with E-state index in [0.29, 0.717) is 17.2 Å². The molecule has 1 saturated carbocycles. The van der Waals surface area contributed by atoms with Gasteiger partial charge < -0.3 is 15.8 Å². The van der Waals surface area contributed by atoms with Crippen molar-refractivity contribution < 1.29 is 9.53 Å². The van der Waals surface area contributed by atoms with Gasteiger partial charge in [0.05, 0.1) is 13.2 Å². The Morgan fingerprint density at radius 3 is 2.62 bits per heavy atom. The molecule has 0 unspecified atom stereocenters. The summed E-state index contributed by atoms with van der Waals surface area (Å²) in [6, 6.07) is 0.285. The minimum Gasteiger partial charge on any atom is -0.465 e. The Hall–Kier alpha value is -1.72. The highest BCUT2D eigenvalue weighted by Gasteiger charge is 2.26. The Morgan fingerprint density at radius 1 is 1.38 bits per heavy atom. The van der Waals surface area contributed by atoms with Crippen molar-refractivity contribution in [3.05, 3.63) is 5.56 Å². The molecule has 0 spiro atoms. The fourth-order valence-corrected chi connectivity index (χ4v) is 2.90. The molecule has 2 rings (SSSR count). The smallest absolute Gasteiger partial charge is 0.345 e. The molecule has 0 amide bonds. The Balaban J connectivity index is 2.32. The number of carbonyl (C=O) groups excluding carboxylic acids is 1. The van der Waals surface area contributed by atoms with Crippen molar-refractivity contribution >= 4 is 17.6 Å². The van der Waals surface area contributed by atoms with E-state index >= 15 is 0 Å². The molecule has 0 aromatic carbocycles. The van der Waals surface area contributed by atoms with Crippen LogP contribution >= 0.6 is 0 Å². The van der Waals surface area contributed by atoms with Crippen molar-refractivity contribution in [2.75, 3.05) is 24.7 Å². The van der Waals surface area contributed by atoms with Crippen LogP contribution in [0.25, 0.3) is 0 Å². The SMILES string of the molecule is CCCNc1nn(C2CCCCCC2)c(N)c1C(=O)OC. The number of methoxy groups -OCH3 is 1. The molecule has 0 radical (unpaired) electrons. The van der Waals surface area contributed by atoms with Crippen molar-refractivity contribution in [2.24, 2.45) is 0 Å². The number of nitrogens with two attached hydrogens (primary N) is 1. The third-order valence-electron chi connectivity index (χ3n) is 4.05. The highest BCUT2D eigenvalue weighted by atomic mass is 16.5. The van der Waals surface area contributed by atoms with Gasteiger partial charge in [0.2, 0.25) is 0 Å². The summed E-state index contributed by atoms with van der Waals surface area (Å²) in [5.74, 6) is 0.545. The second-order valence-electron chi connectivity index (χ2n) is 5.62. The molecule has 1 fully saturated rings. The molecule has 118 valence electrons. The number of nitrogens with one attached hydrogen (secondary N) is 1. The quantitative estimate of drug-likeness (QED) is 0.644. The molecule has 1 aliphatic carbocycles. The van der Waals surface area contributed by atoms with E-state index < -0.39 is 5.97 Å². The first kappa shape index (κ1) is 15.7. The zero-order valence-corrected chi connectivity index (χ0v) is 13.0. The van der Waals surface area contributed by atoms with Crippen molar-refractivity contribution in [1.82, 2.24) is 9.78 Å². The minimum absolute atomic E-state index is 0.285. The van der Waals surface area contributed by atoms with Gasteiger partial charge in [-0.2, -0.15) is 5.10 Å². The van der Waals surface area contributed by atoms with Gasteiger partial charge in [-0.3, -0.25) is 0 Å². The topological polar surface area (TPSA) is 82.2 Å². The number of esters is 1. The van der Waals surface area contributed by atoms with Gasteiger partial charge in [0.25, 0.3) is 0 Å². The van der Waals surface area contributed by atoms with Crippen LogP contribution < -0.4 is 11.1 Å². The predicted octanol–water partition coefficient (Wildman–Crippen LogP) is 2.97. The largest absolute Gasteiger partial charge is 0.465 e. The number of anilines is 2. The van der Waals surface area contributed by atoms with Crippen LogP contribution in [0.5, 0.6) is 0 Å². The van der Waals surface area contributed by atoms with Crippen LogP contribution in [0.2, 0.25) is 0 Å². The lowest BCUT2D eigenvalue weighted by Gasteiger charge is -2.16. The van der Waals surface area contributed by atoms with Crippen molar-refractivity contribution in [3.63, 3.8) is 0 Å². The van der Waals surface area contributed by atoms with Crippen LogP contribution in [0, 0.1) is 0 Å². The zero-order chi connectivity index (χ0) is 15.2. The maximum absolute atomic E-state index is 12.0. The average molecular weight is 294 g/mol. The van der Waals surface area contributed by atoms with E-state index in [2.05, 4.69) is 17.3 Å². The zero-order valence-electron chi connectivity index (χ0n) is 13.0. The van der Waals surface area contributed by atoms with Gasteiger partial charge in [0.1, 0.15) is 11.4 Å². The number of rotatable bonds is 5. The molecule has 1 heterocycles. The van der Waals surface area contributed by atoms with Crippen LogP contribution in [0.1, 0.15) is 68.3 Å². The van der Waals surface area contributed by atoms with E-state index in [4.69, 9.17) is 10.5 Å². The van der Waals surface area contributed by atoms with E-state index in [0.717, 1.165) is 25.8 Å². The standard InChI is InChI=1S/C15H26N4O2/c1-3-10-17-14-12(15(20)21-2)13(16)19(18-14)11-8-6-4-5-7-9-11/h11H,3-10,16H2,1-2H3,(H,17,18). The molecule has 1 aromatic heterocycles. The molecular weight excluding hydrogens is 268 g/mol. The van der Waals surface area contributed by atoms with Gasteiger partial charge in [-0.15, -0.1) is 0 Å². The van der Waals surface area contributed by atoms with E-state index in [1.165, 1.54) is 32.8 Å². The lowest BCUT2D eigenvalue weighted by Crippen LogP contribution is -2.14.